The number of nitrogens with two attached hydrogens (primary N) is 1. The predicted octanol–water partition coefficient (Wildman–Crippen LogP) is 0.474. The summed E-state index contributed by atoms with van der Waals surface area (Å²) >= 11 is 0. The Balaban J connectivity index is 3.03. The molecule has 0 saturated heterocycles. The number of rotatable bonds is 6. The zero-order valence-electron chi connectivity index (χ0n) is 11.1. The summed E-state index contributed by atoms with van der Waals surface area (Å²) in [4.78, 5) is 0. The SMILES string of the molecule is COC(C)CCc1nnc(S(N)(=O)=O)n1C(C)C. The molecule has 1 heterocycles. The quantitative estimate of drug-likeness (QED) is 0.814. The van der Waals surface area contributed by atoms with Crippen molar-refractivity contribution in [3.8, 4) is 0 Å². The molecule has 0 radical (unpaired) electrons. The summed E-state index contributed by atoms with van der Waals surface area (Å²) in [5.41, 5.74) is 0. The molecule has 104 valence electrons. The molecule has 1 atom stereocenters. The van der Waals surface area contributed by atoms with Crippen LogP contribution in [0.1, 0.15) is 39.1 Å². The van der Waals surface area contributed by atoms with Gasteiger partial charge in [-0.05, 0) is 27.2 Å². The second kappa shape index (κ2) is 5.77. The third kappa shape index (κ3) is 3.50. The average Bonchev–Trinajstić information content (AvgIpc) is 2.69. The molecular formula is C10H20N4O3S. The van der Waals surface area contributed by atoms with E-state index in [-0.39, 0.29) is 17.3 Å². The van der Waals surface area contributed by atoms with Crippen molar-refractivity contribution in [2.75, 3.05) is 7.11 Å². The Labute approximate surface area is 107 Å². The van der Waals surface area contributed by atoms with E-state index >= 15 is 0 Å². The topological polar surface area (TPSA) is 100 Å². The fourth-order valence-electron chi connectivity index (χ4n) is 1.64. The van der Waals surface area contributed by atoms with Crippen LogP contribution in [0.4, 0.5) is 0 Å². The molecule has 1 aromatic heterocycles. The van der Waals surface area contributed by atoms with Crippen molar-refractivity contribution < 1.29 is 13.2 Å². The molecule has 0 saturated carbocycles. The molecule has 0 bridgehead atoms. The van der Waals surface area contributed by atoms with Gasteiger partial charge in [0, 0.05) is 19.6 Å². The van der Waals surface area contributed by atoms with Crippen LogP contribution in [0.3, 0.4) is 0 Å². The highest BCUT2D eigenvalue weighted by atomic mass is 32.2. The van der Waals surface area contributed by atoms with E-state index in [1.807, 2.05) is 20.8 Å². The number of ether oxygens (including phenoxy) is 1. The molecule has 8 heteroatoms. The van der Waals surface area contributed by atoms with Crippen LogP contribution in [-0.2, 0) is 21.2 Å². The molecule has 0 aliphatic carbocycles. The predicted molar refractivity (Wildman–Crippen MR) is 66.6 cm³/mol. The van der Waals surface area contributed by atoms with Gasteiger partial charge in [-0.3, -0.25) is 4.57 Å². The minimum atomic E-state index is -3.84. The number of aryl methyl sites for hydroxylation is 1. The van der Waals surface area contributed by atoms with Crippen LogP contribution in [0.2, 0.25) is 0 Å². The molecule has 1 rings (SSSR count). The molecule has 0 amide bonds. The van der Waals surface area contributed by atoms with E-state index in [1.54, 1.807) is 11.7 Å². The minimum absolute atomic E-state index is 0.0684. The van der Waals surface area contributed by atoms with Crippen molar-refractivity contribution in [2.45, 2.75) is 50.9 Å². The molecule has 0 spiro atoms. The number of primary sulfonamides is 1. The van der Waals surface area contributed by atoms with Crippen molar-refractivity contribution in [1.82, 2.24) is 14.8 Å². The Morgan fingerprint density at radius 3 is 2.39 bits per heavy atom. The summed E-state index contributed by atoms with van der Waals surface area (Å²) < 4.78 is 29.5. The normalized spacial score (nSPS) is 14.1. The van der Waals surface area contributed by atoms with Crippen molar-refractivity contribution in [3.63, 3.8) is 0 Å². The Hall–Kier alpha value is -0.990. The van der Waals surface area contributed by atoms with E-state index < -0.39 is 10.0 Å². The van der Waals surface area contributed by atoms with Gasteiger partial charge in [0.25, 0.3) is 15.2 Å². The van der Waals surface area contributed by atoms with Crippen LogP contribution in [0.5, 0.6) is 0 Å². The molecule has 1 aromatic rings. The standard InChI is InChI=1S/C10H20N4O3S/c1-7(2)14-9(6-5-8(3)17-4)12-13-10(14)18(11,15)16/h7-8H,5-6H2,1-4H3,(H2,11,15,16). The van der Waals surface area contributed by atoms with Gasteiger partial charge >= 0.3 is 0 Å². The first-order valence-electron chi connectivity index (χ1n) is 5.76. The maximum Gasteiger partial charge on any atom is 0.273 e. The van der Waals surface area contributed by atoms with Gasteiger partial charge in [-0.25, -0.2) is 13.6 Å². The van der Waals surface area contributed by atoms with Crippen molar-refractivity contribution in [2.24, 2.45) is 5.14 Å². The summed E-state index contributed by atoms with van der Waals surface area (Å²) in [6.45, 7) is 5.67. The lowest BCUT2D eigenvalue weighted by Crippen LogP contribution is -2.21. The first-order chi connectivity index (χ1) is 8.27. The average molecular weight is 276 g/mol. The number of hydrogen-bond donors (Lipinski definition) is 1. The Bertz CT molecular complexity index is 495. The van der Waals surface area contributed by atoms with Gasteiger partial charge in [0.05, 0.1) is 6.10 Å². The fraction of sp³-hybridized carbons (Fsp3) is 0.800. The van der Waals surface area contributed by atoms with Gasteiger partial charge in [0.2, 0.25) is 0 Å². The molecule has 7 nitrogen and oxygen atoms in total. The van der Waals surface area contributed by atoms with Gasteiger partial charge in [-0.1, -0.05) is 0 Å². The van der Waals surface area contributed by atoms with Crippen molar-refractivity contribution >= 4 is 10.0 Å². The lowest BCUT2D eigenvalue weighted by Gasteiger charge is -2.14. The molecule has 2 N–H and O–H groups in total. The van der Waals surface area contributed by atoms with Crippen molar-refractivity contribution in [1.29, 1.82) is 0 Å². The van der Waals surface area contributed by atoms with E-state index in [9.17, 15) is 8.42 Å². The number of nitrogens with zero attached hydrogens (tertiary/aromatic N) is 3. The molecular weight excluding hydrogens is 256 g/mol. The first kappa shape index (κ1) is 15.1. The maximum atomic E-state index is 11.4. The van der Waals surface area contributed by atoms with Crippen LogP contribution >= 0.6 is 0 Å². The second-order valence-electron chi connectivity index (χ2n) is 4.49. The summed E-state index contributed by atoms with van der Waals surface area (Å²) in [5, 5.41) is 12.5. The summed E-state index contributed by atoms with van der Waals surface area (Å²) in [6, 6.07) is -0.0684. The number of aromatic nitrogens is 3. The van der Waals surface area contributed by atoms with Crippen molar-refractivity contribution in [3.05, 3.63) is 5.82 Å². The van der Waals surface area contributed by atoms with Crippen LogP contribution in [0.25, 0.3) is 0 Å². The smallest absolute Gasteiger partial charge is 0.273 e. The zero-order valence-corrected chi connectivity index (χ0v) is 11.9. The zero-order chi connectivity index (χ0) is 13.9. The van der Waals surface area contributed by atoms with Crippen LogP contribution in [0, 0.1) is 0 Å². The summed E-state index contributed by atoms with van der Waals surface area (Å²) in [7, 11) is -2.21. The van der Waals surface area contributed by atoms with E-state index in [0.29, 0.717) is 12.2 Å². The number of methoxy groups -OCH3 is 1. The molecule has 0 fully saturated rings. The third-order valence-electron chi connectivity index (χ3n) is 2.68. The van der Waals surface area contributed by atoms with E-state index in [1.165, 1.54) is 0 Å². The first-order valence-corrected chi connectivity index (χ1v) is 7.31. The van der Waals surface area contributed by atoms with Crippen LogP contribution in [-0.4, -0.2) is 36.4 Å². The molecule has 0 aliphatic heterocycles. The van der Waals surface area contributed by atoms with Crippen LogP contribution in [0.15, 0.2) is 5.16 Å². The highest BCUT2D eigenvalue weighted by Gasteiger charge is 2.22. The fourth-order valence-corrected chi connectivity index (χ4v) is 2.39. The second-order valence-corrected chi connectivity index (χ2v) is 5.95. The maximum absolute atomic E-state index is 11.4. The van der Waals surface area contributed by atoms with E-state index in [2.05, 4.69) is 10.2 Å². The van der Waals surface area contributed by atoms with Gasteiger partial charge < -0.3 is 4.74 Å². The molecule has 0 aliphatic rings. The molecule has 0 aromatic carbocycles. The van der Waals surface area contributed by atoms with E-state index in [4.69, 9.17) is 9.88 Å². The molecule has 1 unspecified atom stereocenters. The summed E-state index contributed by atoms with van der Waals surface area (Å²) in [6.07, 6.45) is 1.42. The lowest BCUT2D eigenvalue weighted by atomic mass is 10.2. The van der Waals surface area contributed by atoms with Gasteiger partial charge in [0.15, 0.2) is 0 Å². The Morgan fingerprint density at radius 1 is 1.33 bits per heavy atom. The van der Waals surface area contributed by atoms with E-state index in [0.717, 1.165) is 6.42 Å². The van der Waals surface area contributed by atoms with Crippen LogP contribution < -0.4 is 5.14 Å². The Morgan fingerprint density at radius 2 is 1.94 bits per heavy atom. The lowest BCUT2D eigenvalue weighted by molar-refractivity contribution is 0.110. The highest BCUT2D eigenvalue weighted by Crippen LogP contribution is 2.16. The third-order valence-corrected chi connectivity index (χ3v) is 3.47. The summed E-state index contributed by atoms with van der Waals surface area (Å²) in [5.74, 6) is 0.609. The number of hydrogen-bond acceptors (Lipinski definition) is 5. The number of sulfonamides is 1. The van der Waals surface area contributed by atoms with Gasteiger partial charge in [0.1, 0.15) is 5.82 Å². The monoisotopic (exact) mass is 276 g/mol. The largest absolute Gasteiger partial charge is 0.382 e. The Kier molecular flexibility index (Phi) is 4.83. The minimum Gasteiger partial charge on any atom is -0.382 e. The molecule has 18 heavy (non-hydrogen) atoms. The van der Waals surface area contributed by atoms with Gasteiger partial charge in [-0.15, -0.1) is 10.2 Å². The van der Waals surface area contributed by atoms with Gasteiger partial charge in [-0.2, -0.15) is 0 Å². The highest BCUT2D eigenvalue weighted by molar-refractivity contribution is 7.89.